The lowest BCUT2D eigenvalue weighted by Crippen LogP contribution is -2.06. The molecule has 3 nitrogen and oxygen atoms in total. The first kappa shape index (κ1) is 13.7. The van der Waals surface area contributed by atoms with E-state index in [1.165, 1.54) is 11.1 Å². The van der Waals surface area contributed by atoms with Crippen LogP contribution in [0.5, 0.6) is 0 Å². The van der Waals surface area contributed by atoms with Crippen LogP contribution in [0.25, 0.3) is 0 Å². The van der Waals surface area contributed by atoms with E-state index in [2.05, 4.69) is 30.1 Å². The van der Waals surface area contributed by atoms with E-state index in [1.54, 1.807) is 0 Å². The molecule has 1 aromatic heterocycles. The Morgan fingerprint density at radius 3 is 2.79 bits per heavy atom. The lowest BCUT2D eigenvalue weighted by molar-refractivity contribution is 0.0519. The van der Waals surface area contributed by atoms with Crippen molar-refractivity contribution < 1.29 is 9.53 Å². The summed E-state index contributed by atoms with van der Waals surface area (Å²) in [5.41, 5.74) is 5.33. The van der Waals surface area contributed by atoms with Crippen molar-refractivity contribution in [3.8, 4) is 0 Å². The molecule has 0 fully saturated rings. The Labute approximate surface area is 114 Å². The summed E-state index contributed by atoms with van der Waals surface area (Å²) < 4.78 is 5.09. The van der Waals surface area contributed by atoms with Crippen molar-refractivity contribution in [1.82, 2.24) is 4.98 Å². The van der Waals surface area contributed by atoms with E-state index >= 15 is 0 Å². The van der Waals surface area contributed by atoms with E-state index in [0.29, 0.717) is 12.3 Å². The Balaban J connectivity index is 2.30. The van der Waals surface area contributed by atoms with Gasteiger partial charge in [0.05, 0.1) is 6.61 Å². The van der Waals surface area contributed by atoms with E-state index in [9.17, 15) is 4.79 Å². The van der Waals surface area contributed by atoms with Crippen molar-refractivity contribution in [1.29, 1.82) is 0 Å². The Morgan fingerprint density at radius 2 is 2.21 bits per heavy atom. The third kappa shape index (κ3) is 2.80. The second kappa shape index (κ2) is 5.91. The highest BCUT2D eigenvalue weighted by molar-refractivity contribution is 5.89. The molecular formula is C16H21NO2. The fourth-order valence-corrected chi connectivity index (χ4v) is 2.58. The smallest absolute Gasteiger partial charge is 0.355 e. The van der Waals surface area contributed by atoms with Gasteiger partial charge in [-0.25, -0.2) is 4.79 Å². The molecule has 2 rings (SSSR count). The molecule has 0 unspecified atom stereocenters. The van der Waals surface area contributed by atoms with Crippen molar-refractivity contribution in [2.75, 3.05) is 6.61 Å². The summed E-state index contributed by atoms with van der Waals surface area (Å²) in [6.45, 7) is 6.34. The van der Waals surface area contributed by atoms with Crippen molar-refractivity contribution in [2.24, 2.45) is 0 Å². The Kier molecular flexibility index (Phi) is 4.25. The summed E-state index contributed by atoms with van der Waals surface area (Å²) in [7, 11) is 0. The van der Waals surface area contributed by atoms with Crippen molar-refractivity contribution in [3.63, 3.8) is 0 Å². The Hall–Kier alpha value is -1.77. The SMILES string of the molecule is CCOC(=O)c1[nH]c(CC2=CCC=C2)c(CC)c1C. The summed E-state index contributed by atoms with van der Waals surface area (Å²) in [6.07, 6.45) is 9.33. The highest BCUT2D eigenvalue weighted by Crippen LogP contribution is 2.24. The summed E-state index contributed by atoms with van der Waals surface area (Å²) in [4.78, 5) is 15.2. The fourth-order valence-electron chi connectivity index (χ4n) is 2.58. The molecule has 0 amide bonds. The molecule has 3 heteroatoms. The molecule has 0 aliphatic heterocycles. The predicted octanol–water partition coefficient (Wildman–Crippen LogP) is 3.49. The second-order valence-electron chi connectivity index (χ2n) is 4.75. The van der Waals surface area contributed by atoms with E-state index < -0.39 is 0 Å². The van der Waals surface area contributed by atoms with Crippen LogP contribution in [0.4, 0.5) is 0 Å². The van der Waals surface area contributed by atoms with Gasteiger partial charge in [0.15, 0.2) is 0 Å². The topological polar surface area (TPSA) is 42.1 Å². The van der Waals surface area contributed by atoms with E-state index in [-0.39, 0.29) is 5.97 Å². The maximum absolute atomic E-state index is 11.9. The number of esters is 1. The number of nitrogens with one attached hydrogen (secondary N) is 1. The van der Waals surface area contributed by atoms with Gasteiger partial charge in [0.2, 0.25) is 0 Å². The maximum atomic E-state index is 11.9. The van der Waals surface area contributed by atoms with Gasteiger partial charge in [0.1, 0.15) is 5.69 Å². The third-order valence-electron chi connectivity index (χ3n) is 3.53. The molecule has 1 N–H and O–H groups in total. The summed E-state index contributed by atoms with van der Waals surface area (Å²) in [5.74, 6) is -0.253. The van der Waals surface area contributed by atoms with Gasteiger partial charge >= 0.3 is 5.97 Å². The molecule has 19 heavy (non-hydrogen) atoms. The number of hydrogen-bond acceptors (Lipinski definition) is 2. The zero-order valence-electron chi connectivity index (χ0n) is 11.9. The van der Waals surface area contributed by atoms with Gasteiger partial charge in [-0.3, -0.25) is 0 Å². The second-order valence-corrected chi connectivity index (χ2v) is 4.75. The molecule has 0 radical (unpaired) electrons. The normalized spacial score (nSPS) is 13.7. The van der Waals surface area contributed by atoms with E-state index in [1.807, 2.05) is 13.8 Å². The highest BCUT2D eigenvalue weighted by atomic mass is 16.5. The van der Waals surface area contributed by atoms with Crippen molar-refractivity contribution in [3.05, 3.63) is 46.3 Å². The molecule has 0 saturated carbocycles. The lowest BCUT2D eigenvalue weighted by Gasteiger charge is -2.02. The van der Waals surface area contributed by atoms with Gasteiger partial charge < -0.3 is 9.72 Å². The van der Waals surface area contributed by atoms with Gasteiger partial charge in [-0.15, -0.1) is 0 Å². The number of aromatic nitrogens is 1. The number of carbonyl (C=O) groups excluding carboxylic acids is 1. The number of H-pyrrole nitrogens is 1. The molecule has 0 saturated heterocycles. The average molecular weight is 259 g/mol. The average Bonchev–Trinajstić information content (AvgIpc) is 2.98. The number of carbonyl (C=O) groups is 1. The Morgan fingerprint density at radius 1 is 1.42 bits per heavy atom. The summed E-state index contributed by atoms with van der Waals surface area (Å²) in [5, 5.41) is 0. The first-order valence-electron chi connectivity index (χ1n) is 6.90. The van der Waals surface area contributed by atoms with Gasteiger partial charge in [-0.1, -0.05) is 25.2 Å². The summed E-state index contributed by atoms with van der Waals surface area (Å²) in [6, 6.07) is 0. The molecule has 0 aromatic carbocycles. The minimum Gasteiger partial charge on any atom is -0.461 e. The van der Waals surface area contributed by atoms with Crippen LogP contribution in [0.15, 0.2) is 23.8 Å². The minimum absolute atomic E-state index is 0.253. The zero-order chi connectivity index (χ0) is 13.8. The summed E-state index contributed by atoms with van der Waals surface area (Å²) >= 11 is 0. The molecule has 102 valence electrons. The molecule has 1 aliphatic rings. The standard InChI is InChI=1S/C16H21NO2/c1-4-13-11(3)15(16(18)19-5-2)17-14(13)10-12-8-6-7-9-12/h6,8-9,17H,4-5,7,10H2,1-3H3. The molecule has 1 heterocycles. The number of rotatable bonds is 5. The van der Waals surface area contributed by atoms with Gasteiger partial charge in [-0.05, 0) is 43.4 Å². The first-order chi connectivity index (χ1) is 9.17. The lowest BCUT2D eigenvalue weighted by atomic mass is 10.0. The number of ether oxygens (including phenoxy) is 1. The highest BCUT2D eigenvalue weighted by Gasteiger charge is 2.19. The number of aromatic amines is 1. The maximum Gasteiger partial charge on any atom is 0.355 e. The van der Waals surface area contributed by atoms with Crippen LogP contribution in [0.2, 0.25) is 0 Å². The van der Waals surface area contributed by atoms with E-state index in [0.717, 1.165) is 30.5 Å². The first-order valence-corrected chi connectivity index (χ1v) is 6.90. The monoisotopic (exact) mass is 259 g/mol. The molecule has 0 atom stereocenters. The fraction of sp³-hybridized carbons (Fsp3) is 0.438. The molecule has 1 aliphatic carbocycles. The van der Waals surface area contributed by atoms with Crippen LogP contribution >= 0.6 is 0 Å². The number of hydrogen-bond donors (Lipinski definition) is 1. The largest absolute Gasteiger partial charge is 0.461 e. The Bertz CT molecular complexity index is 535. The molecule has 1 aromatic rings. The van der Waals surface area contributed by atoms with Gasteiger partial charge in [0.25, 0.3) is 0 Å². The molecular weight excluding hydrogens is 238 g/mol. The molecule has 0 bridgehead atoms. The van der Waals surface area contributed by atoms with Crippen LogP contribution in [0.1, 0.15) is 47.6 Å². The van der Waals surface area contributed by atoms with E-state index in [4.69, 9.17) is 4.74 Å². The van der Waals surface area contributed by atoms with Gasteiger partial charge in [0, 0.05) is 12.1 Å². The van der Waals surface area contributed by atoms with Crippen molar-refractivity contribution in [2.45, 2.75) is 40.0 Å². The van der Waals surface area contributed by atoms with Crippen LogP contribution in [-0.2, 0) is 17.6 Å². The van der Waals surface area contributed by atoms with Crippen LogP contribution in [-0.4, -0.2) is 17.6 Å². The van der Waals surface area contributed by atoms with Crippen molar-refractivity contribution >= 4 is 5.97 Å². The predicted molar refractivity (Wildman–Crippen MR) is 76.4 cm³/mol. The van der Waals surface area contributed by atoms with Crippen LogP contribution in [0, 0.1) is 6.92 Å². The minimum atomic E-state index is -0.253. The zero-order valence-corrected chi connectivity index (χ0v) is 11.9. The number of allylic oxidation sites excluding steroid dienone is 4. The molecule has 0 spiro atoms. The quantitative estimate of drug-likeness (QED) is 0.822. The van der Waals surface area contributed by atoms with Crippen LogP contribution in [0.3, 0.4) is 0 Å². The van der Waals surface area contributed by atoms with Gasteiger partial charge in [-0.2, -0.15) is 0 Å². The van der Waals surface area contributed by atoms with Crippen LogP contribution < -0.4 is 0 Å². The third-order valence-corrected chi connectivity index (χ3v) is 3.53.